The van der Waals surface area contributed by atoms with Crippen LogP contribution in [0, 0.1) is 0 Å². The summed E-state index contributed by atoms with van der Waals surface area (Å²) in [6, 6.07) is 53.6. The van der Waals surface area contributed by atoms with Crippen molar-refractivity contribution in [2.75, 3.05) is 0 Å². The topological polar surface area (TPSA) is 38.7 Å². The average molecular weight is 615 g/mol. The minimum atomic E-state index is 0.260. The zero-order valence-electron chi connectivity index (χ0n) is 23.2. The molecule has 43 heavy (non-hydrogen) atoms. The second-order valence-corrected chi connectivity index (χ2v) is 12.7. The van der Waals surface area contributed by atoms with E-state index in [0.29, 0.717) is 0 Å². The SMILES string of the molecule is c1ccc(-c2cccc(-c3nnnc(-c4ccccc4)c3-c3ccccc3)c2-c2cccc3[se]c4ccccc4c23)cc1. The van der Waals surface area contributed by atoms with Gasteiger partial charge in [-0.15, -0.1) is 0 Å². The summed E-state index contributed by atoms with van der Waals surface area (Å²) in [5.41, 5.74) is 10.4. The number of fused-ring (bicyclic) bond motifs is 3. The fraction of sp³-hybridized carbons (Fsp3) is 0. The van der Waals surface area contributed by atoms with Gasteiger partial charge in [-0.3, -0.25) is 0 Å². The van der Waals surface area contributed by atoms with Crippen molar-refractivity contribution in [2.45, 2.75) is 0 Å². The van der Waals surface area contributed by atoms with Crippen molar-refractivity contribution < 1.29 is 0 Å². The molecule has 0 amide bonds. The van der Waals surface area contributed by atoms with E-state index < -0.39 is 0 Å². The summed E-state index contributed by atoms with van der Waals surface area (Å²) in [4.78, 5) is 0. The Hall–Kier alpha value is -5.15. The van der Waals surface area contributed by atoms with Crippen LogP contribution < -0.4 is 0 Å². The van der Waals surface area contributed by atoms with Gasteiger partial charge in [0.2, 0.25) is 0 Å². The summed E-state index contributed by atoms with van der Waals surface area (Å²) in [5.74, 6) is 0. The third-order valence-corrected chi connectivity index (χ3v) is 10.3. The zero-order chi connectivity index (χ0) is 28.6. The van der Waals surface area contributed by atoms with Gasteiger partial charge in [-0.05, 0) is 0 Å². The van der Waals surface area contributed by atoms with Gasteiger partial charge in [-0.1, -0.05) is 0 Å². The maximum absolute atomic E-state index is 4.81. The molecular weight excluding hydrogens is 589 g/mol. The van der Waals surface area contributed by atoms with E-state index in [1.807, 2.05) is 24.3 Å². The molecule has 0 N–H and O–H groups in total. The van der Waals surface area contributed by atoms with E-state index in [2.05, 4.69) is 138 Å². The summed E-state index contributed by atoms with van der Waals surface area (Å²) < 4.78 is 2.84. The number of hydrogen-bond acceptors (Lipinski definition) is 3. The second-order valence-electron chi connectivity index (χ2n) is 10.5. The predicted molar refractivity (Wildman–Crippen MR) is 179 cm³/mol. The molecule has 8 aromatic rings. The third-order valence-electron chi connectivity index (χ3n) is 7.95. The quantitative estimate of drug-likeness (QED) is 0.181. The molecule has 8 rings (SSSR count). The van der Waals surface area contributed by atoms with E-state index in [9.17, 15) is 0 Å². The van der Waals surface area contributed by atoms with Gasteiger partial charge in [-0.2, -0.15) is 0 Å². The number of benzene rings is 6. The van der Waals surface area contributed by atoms with Crippen molar-refractivity contribution in [1.82, 2.24) is 15.4 Å². The molecule has 0 spiro atoms. The Morgan fingerprint density at radius 3 is 1.70 bits per heavy atom. The molecule has 0 bridgehead atoms. The van der Waals surface area contributed by atoms with Crippen molar-refractivity contribution in [3.05, 3.63) is 152 Å². The van der Waals surface area contributed by atoms with Crippen LogP contribution in [0.25, 0.3) is 75.2 Å². The normalized spacial score (nSPS) is 11.3. The number of aromatic nitrogens is 3. The summed E-state index contributed by atoms with van der Waals surface area (Å²) in [7, 11) is 0. The second kappa shape index (κ2) is 10.9. The summed E-state index contributed by atoms with van der Waals surface area (Å²) in [6.07, 6.45) is 0. The Morgan fingerprint density at radius 1 is 0.372 bits per heavy atom. The van der Waals surface area contributed by atoms with Gasteiger partial charge in [0.1, 0.15) is 0 Å². The molecule has 0 atom stereocenters. The molecule has 0 unspecified atom stereocenters. The zero-order valence-corrected chi connectivity index (χ0v) is 24.9. The molecule has 0 aliphatic carbocycles. The number of nitrogens with zero attached hydrogens (tertiary/aromatic N) is 3. The first-order valence-electron chi connectivity index (χ1n) is 14.3. The van der Waals surface area contributed by atoms with Crippen LogP contribution >= 0.6 is 0 Å². The van der Waals surface area contributed by atoms with Gasteiger partial charge >= 0.3 is 257 Å². The van der Waals surface area contributed by atoms with E-state index in [0.717, 1.165) is 39.2 Å². The van der Waals surface area contributed by atoms with Crippen LogP contribution in [0.3, 0.4) is 0 Å². The molecule has 0 fully saturated rings. The van der Waals surface area contributed by atoms with Crippen LogP contribution in [0.4, 0.5) is 0 Å². The van der Waals surface area contributed by atoms with Crippen molar-refractivity contribution in [1.29, 1.82) is 0 Å². The Bertz CT molecular complexity index is 2220. The summed E-state index contributed by atoms with van der Waals surface area (Å²) in [5, 5.41) is 16.5. The average Bonchev–Trinajstić information content (AvgIpc) is 3.48. The fourth-order valence-electron chi connectivity index (χ4n) is 6.07. The Labute approximate surface area is 255 Å². The van der Waals surface area contributed by atoms with Crippen molar-refractivity contribution in [2.24, 2.45) is 0 Å². The molecule has 6 aromatic carbocycles. The van der Waals surface area contributed by atoms with Crippen LogP contribution in [-0.2, 0) is 0 Å². The molecule has 0 radical (unpaired) electrons. The fourth-order valence-corrected chi connectivity index (χ4v) is 8.45. The van der Waals surface area contributed by atoms with Crippen LogP contribution in [0.1, 0.15) is 0 Å². The van der Waals surface area contributed by atoms with Crippen LogP contribution in [-0.4, -0.2) is 29.9 Å². The van der Waals surface area contributed by atoms with Crippen molar-refractivity contribution in [3.8, 4) is 55.9 Å². The number of rotatable bonds is 5. The van der Waals surface area contributed by atoms with E-state index in [1.54, 1.807) is 0 Å². The Kier molecular flexibility index (Phi) is 6.49. The molecule has 2 heterocycles. The molecule has 3 nitrogen and oxygen atoms in total. The summed E-state index contributed by atoms with van der Waals surface area (Å²) in [6.45, 7) is 0. The molecular formula is C39H25N3Se. The van der Waals surface area contributed by atoms with E-state index in [4.69, 9.17) is 5.10 Å². The third kappa shape index (κ3) is 4.49. The van der Waals surface area contributed by atoms with Gasteiger partial charge in [0.15, 0.2) is 0 Å². The Morgan fingerprint density at radius 2 is 0.930 bits per heavy atom. The van der Waals surface area contributed by atoms with Crippen LogP contribution in [0.15, 0.2) is 152 Å². The van der Waals surface area contributed by atoms with Crippen LogP contribution in [0.5, 0.6) is 0 Å². The van der Waals surface area contributed by atoms with Crippen molar-refractivity contribution >= 4 is 33.8 Å². The van der Waals surface area contributed by atoms with Gasteiger partial charge in [0, 0.05) is 0 Å². The summed E-state index contributed by atoms with van der Waals surface area (Å²) >= 11 is 0.260. The van der Waals surface area contributed by atoms with E-state index >= 15 is 0 Å². The monoisotopic (exact) mass is 615 g/mol. The maximum atomic E-state index is 4.81. The number of hydrogen-bond donors (Lipinski definition) is 0. The first-order valence-corrected chi connectivity index (χ1v) is 16.0. The molecule has 4 heteroatoms. The van der Waals surface area contributed by atoms with Crippen molar-refractivity contribution in [3.63, 3.8) is 0 Å². The van der Waals surface area contributed by atoms with Gasteiger partial charge in [-0.25, -0.2) is 0 Å². The molecule has 0 saturated heterocycles. The van der Waals surface area contributed by atoms with Gasteiger partial charge in [0.05, 0.1) is 0 Å². The minimum absolute atomic E-state index is 0.260. The van der Waals surface area contributed by atoms with Gasteiger partial charge < -0.3 is 0 Å². The molecule has 0 saturated carbocycles. The van der Waals surface area contributed by atoms with E-state index in [-0.39, 0.29) is 14.5 Å². The molecule has 0 aliphatic heterocycles. The standard InChI is InChI=1S/C39H25N3Se/c1-4-14-26(15-5-1)29-21-12-23-32(36(29)31-22-13-25-34-37(31)30-20-10-11-24-33(30)43-34)39-35(27-16-6-2-7-17-27)38(40-42-41-39)28-18-8-3-9-19-28/h1-25H. The molecule has 2 aromatic heterocycles. The van der Waals surface area contributed by atoms with Crippen LogP contribution in [0.2, 0.25) is 0 Å². The predicted octanol–water partition coefficient (Wildman–Crippen LogP) is 9.57. The first-order chi connectivity index (χ1) is 21.4. The van der Waals surface area contributed by atoms with E-state index in [1.165, 1.54) is 36.0 Å². The first kappa shape index (κ1) is 25.6. The Balaban J connectivity index is 1.51. The van der Waals surface area contributed by atoms with Gasteiger partial charge in [0.25, 0.3) is 0 Å². The molecule has 0 aliphatic rings. The molecule has 202 valence electrons.